The van der Waals surface area contributed by atoms with Crippen molar-refractivity contribution in [1.82, 2.24) is 4.98 Å². The van der Waals surface area contributed by atoms with Gasteiger partial charge in [-0.15, -0.1) is 0 Å². The molecule has 0 aliphatic rings. The molecule has 0 amide bonds. The maximum absolute atomic E-state index is 11.5. The van der Waals surface area contributed by atoms with Crippen LogP contribution in [0.1, 0.15) is 28.8 Å². The zero-order chi connectivity index (χ0) is 14.5. The van der Waals surface area contributed by atoms with Crippen LogP contribution < -0.4 is 0 Å². The number of hydrogen-bond donors (Lipinski definition) is 1. The number of aromatic nitrogens is 1. The molecule has 0 spiro atoms. The van der Waals surface area contributed by atoms with Gasteiger partial charge in [0.2, 0.25) is 0 Å². The summed E-state index contributed by atoms with van der Waals surface area (Å²) in [6.07, 6.45) is 3.83. The van der Waals surface area contributed by atoms with Crippen molar-refractivity contribution in [1.29, 1.82) is 0 Å². The molecule has 5 heteroatoms. The number of hydrogen-bond acceptors (Lipinski definition) is 4. The number of methoxy groups -OCH3 is 2. The number of benzene rings is 1. The fourth-order valence-corrected chi connectivity index (χ4v) is 2.16. The third kappa shape index (κ3) is 2.99. The van der Waals surface area contributed by atoms with Gasteiger partial charge in [-0.05, 0) is 30.5 Å². The zero-order valence-corrected chi connectivity index (χ0v) is 11.6. The van der Waals surface area contributed by atoms with Crippen LogP contribution in [0.25, 0.3) is 10.9 Å². The zero-order valence-electron chi connectivity index (χ0n) is 11.6. The number of fused-ring (bicyclic) bond motifs is 1. The third-order valence-electron chi connectivity index (χ3n) is 3.24. The van der Waals surface area contributed by atoms with E-state index in [2.05, 4.69) is 9.72 Å². The molecular weight excluding hydrogens is 258 g/mol. The number of esters is 2. The van der Waals surface area contributed by atoms with Crippen molar-refractivity contribution in [3.05, 3.63) is 35.5 Å². The fourth-order valence-electron chi connectivity index (χ4n) is 2.16. The molecule has 0 aliphatic heterocycles. The van der Waals surface area contributed by atoms with E-state index in [4.69, 9.17) is 4.74 Å². The van der Waals surface area contributed by atoms with Crippen molar-refractivity contribution >= 4 is 22.8 Å². The molecule has 1 aromatic heterocycles. The van der Waals surface area contributed by atoms with Crippen LogP contribution in [-0.2, 0) is 20.7 Å². The molecule has 0 saturated carbocycles. The average Bonchev–Trinajstić information content (AvgIpc) is 2.88. The van der Waals surface area contributed by atoms with Crippen molar-refractivity contribution in [2.24, 2.45) is 0 Å². The average molecular weight is 275 g/mol. The maximum Gasteiger partial charge on any atom is 0.337 e. The third-order valence-corrected chi connectivity index (χ3v) is 3.24. The number of nitrogens with one attached hydrogen (secondary N) is 1. The Balaban J connectivity index is 2.12. The van der Waals surface area contributed by atoms with Gasteiger partial charge in [0.05, 0.1) is 19.8 Å². The molecule has 1 heterocycles. The molecule has 2 rings (SSSR count). The standard InChI is InChI=1S/C15H17NO4/c1-19-14(17)5-3-4-11-9-16-13-8-10(15(18)20-2)6-7-12(11)13/h6-9,16H,3-5H2,1-2H3. The van der Waals surface area contributed by atoms with Gasteiger partial charge in [0, 0.05) is 23.5 Å². The number of aryl methyl sites for hydroxylation is 1. The highest BCUT2D eigenvalue weighted by Gasteiger charge is 2.10. The Kier molecular flexibility index (Phi) is 4.40. The quantitative estimate of drug-likeness (QED) is 0.851. The van der Waals surface area contributed by atoms with E-state index in [1.807, 2.05) is 12.3 Å². The first-order valence-electron chi connectivity index (χ1n) is 6.41. The molecule has 0 saturated heterocycles. The molecule has 0 radical (unpaired) electrons. The van der Waals surface area contributed by atoms with E-state index in [1.165, 1.54) is 14.2 Å². The van der Waals surface area contributed by atoms with Gasteiger partial charge >= 0.3 is 11.9 Å². The highest BCUT2D eigenvalue weighted by Crippen LogP contribution is 2.21. The number of ether oxygens (including phenoxy) is 2. The van der Waals surface area contributed by atoms with Crippen LogP contribution in [0.3, 0.4) is 0 Å². The van der Waals surface area contributed by atoms with Gasteiger partial charge < -0.3 is 14.5 Å². The summed E-state index contributed by atoms with van der Waals surface area (Å²) >= 11 is 0. The van der Waals surface area contributed by atoms with Crippen LogP contribution in [0, 0.1) is 0 Å². The molecule has 20 heavy (non-hydrogen) atoms. The summed E-state index contributed by atoms with van der Waals surface area (Å²) in [6, 6.07) is 5.41. The minimum atomic E-state index is -0.353. The number of rotatable bonds is 5. The number of carbonyl (C=O) groups excluding carboxylic acids is 2. The molecule has 0 atom stereocenters. The van der Waals surface area contributed by atoms with Gasteiger partial charge in [0.1, 0.15) is 0 Å². The summed E-state index contributed by atoms with van der Waals surface area (Å²) in [5.74, 6) is -0.549. The topological polar surface area (TPSA) is 68.4 Å². The first-order chi connectivity index (χ1) is 9.65. The largest absolute Gasteiger partial charge is 0.469 e. The van der Waals surface area contributed by atoms with Gasteiger partial charge in [-0.2, -0.15) is 0 Å². The summed E-state index contributed by atoms with van der Waals surface area (Å²) in [6.45, 7) is 0. The SMILES string of the molecule is COC(=O)CCCc1c[nH]c2cc(C(=O)OC)ccc12. The van der Waals surface area contributed by atoms with Gasteiger partial charge in [-0.3, -0.25) is 4.79 Å². The predicted molar refractivity (Wildman–Crippen MR) is 74.6 cm³/mol. The number of carbonyl (C=O) groups is 2. The van der Waals surface area contributed by atoms with E-state index < -0.39 is 0 Å². The molecular formula is C15H17NO4. The summed E-state index contributed by atoms with van der Waals surface area (Å²) in [4.78, 5) is 25.7. The second-order valence-electron chi connectivity index (χ2n) is 4.50. The Hall–Kier alpha value is -2.30. The second kappa shape index (κ2) is 6.23. The molecule has 0 aliphatic carbocycles. The normalized spacial score (nSPS) is 10.5. The minimum Gasteiger partial charge on any atom is -0.469 e. The lowest BCUT2D eigenvalue weighted by molar-refractivity contribution is -0.140. The van der Waals surface area contributed by atoms with Crippen LogP contribution in [-0.4, -0.2) is 31.1 Å². The Morgan fingerprint density at radius 2 is 2.00 bits per heavy atom. The Bertz CT molecular complexity index is 630. The number of aromatic amines is 1. The molecule has 1 N–H and O–H groups in total. The highest BCUT2D eigenvalue weighted by molar-refractivity contribution is 5.95. The van der Waals surface area contributed by atoms with Gasteiger partial charge in [-0.25, -0.2) is 4.79 Å². The smallest absolute Gasteiger partial charge is 0.337 e. The van der Waals surface area contributed by atoms with E-state index in [0.717, 1.165) is 29.3 Å². The fraction of sp³-hybridized carbons (Fsp3) is 0.333. The summed E-state index contributed by atoms with van der Waals surface area (Å²) < 4.78 is 9.30. The first kappa shape index (κ1) is 14.1. The lowest BCUT2D eigenvalue weighted by atomic mass is 10.1. The molecule has 2 aromatic rings. The molecule has 1 aromatic carbocycles. The van der Waals surface area contributed by atoms with E-state index >= 15 is 0 Å². The first-order valence-corrected chi connectivity index (χ1v) is 6.41. The lowest BCUT2D eigenvalue weighted by Gasteiger charge is -2.01. The predicted octanol–water partition coefficient (Wildman–Crippen LogP) is 2.45. The molecule has 0 bridgehead atoms. The highest BCUT2D eigenvalue weighted by atomic mass is 16.5. The van der Waals surface area contributed by atoms with Crippen molar-refractivity contribution in [3.63, 3.8) is 0 Å². The molecule has 0 unspecified atom stereocenters. The summed E-state index contributed by atoms with van der Waals surface area (Å²) in [5.41, 5.74) is 2.53. The molecule has 106 valence electrons. The molecule has 5 nitrogen and oxygen atoms in total. The lowest BCUT2D eigenvalue weighted by Crippen LogP contribution is -2.01. The van der Waals surface area contributed by atoms with Gasteiger partial charge in [0.15, 0.2) is 0 Å². The van der Waals surface area contributed by atoms with Gasteiger partial charge in [-0.1, -0.05) is 6.07 Å². The van der Waals surface area contributed by atoms with Crippen molar-refractivity contribution in [3.8, 4) is 0 Å². The summed E-state index contributed by atoms with van der Waals surface area (Å²) in [5, 5.41) is 1.06. The van der Waals surface area contributed by atoms with Gasteiger partial charge in [0.25, 0.3) is 0 Å². The monoisotopic (exact) mass is 275 g/mol. The summed E-state index contributed by atoms with van der Waals surface area (Å²) in [7, 11) is 2.75. The van der Waals surface area contributed by atoms with Crippen LogP contribution in [0.4, 0.5) is 0 Å². The Morgan fingerprint density at radius 1 is 1.20 bits per heavy atom. The van der Waals surface area contributed by atoms with E-state index in [1.54, 1.807) is 12.1 Å². The Labute approximate surface area is 116 Å². The molecule has 0 fully saturated rings. The number of H-pyrrole nitrogens is 1. The second-order valence-corrected chi connectivity index (χ2v) is 4.50. The maximum atomic E-state index is 11.5. The van der Waals surface area contributed by atoms with Crippen molar-refractivity contribution in [2.75, 3.05) is 14.2 Å². The van der Waals surface area contributed by atoms with Crippen molar-refractivity contribution in [2.45, 2.75) is 19.3 Å². The van der Waals surface area contributed by atoms with Crippen LogP contribution >= 0.6 is 0 Å². The van der Waals surface area contributed by atoms with E-state index in [-0.39, 0.29) is 11.9 Å². The van der Waals surface area contributed by atoms with Crippen LogP contribution in [0.15, 0.2) is 24.4 Å². The van der Waals surface area contributed by atoms with Crippen LogP contribution in [0.5, 0.6) is 0 Å². The Morgan fingerprint density at radius 3 is 2.70 bits per heavy atom. The minimum absolute atomic E-state index is 0.196. The van der Waals surface area contributed by atoms with Crippen molar-refractivity contribution < 1.29 is 19.1 Å². The van der Waals surface area contributed by atoms with E-state index in [0.29, 0.717) is 12.0 Å². The van der Waals surface area contributed by atoms with E-state index in [9.17, 15) is 9.59 Å². The van der Waals surface area contributed by atoms with Crippen LogP contribution in [0.2, 0.25) is 0 Å².